The van der Waals surface area contributed by atoms with Crippen LogP contribution in [0.2, 0.25) is 0 Å². The minimum atomic E-state index is -4.55. The molecular formula is C19H24F3N3O. The molecule has 1 aromatic heterocycles. The van der Waals surface area contributed by atoms with Crippen molar-refractivity contribution in [3.8, 4) is 6.01 Å². The number of nitrogens with zero attached hydrogens (tertiary/aromatic N) is 3. The van der Waals surface area contributed by atoms with Crippen LogP contribution in [0.1, 0.15) is 43.7 Å². The highest BCUT2D eigenvalue weighted by molar-refractivity contribution is 5.66. The molecule has 2 rings (SSSR count). The van der Waals surface area contributed by atoms with Crippen molar-refractivity contribution in [2.24, 2.45) is 0 Å². The van der Waals surface area contributed by atoms with Gasteiger partial charge in [0.25, 0.3) is 0 Å². The first-order valence-corrected chi connectivity index (χ1v) is 8.68. The van der Waals surface area contributed by atoms with Gasteiger partial charge in [0.2, 0.25) is 0 Å². The Morgan fingerprint density at radius 1 is 1.12 bits per heavy atom. The van der Waals surface area contributed by atoms with Gasteiger partial charge in [-0.15, -0.1) is 0 Å². The van der Waals surface area contributed by atoms with Gasteiger partial charge in [0.15, 0.2) is 5.82 Å². The van der Waals surface area contributed by atoms with Crippen LogP contribution in [0.5, 0.6) is 6.01 Å². The summed E-state index contributed by atoms with van der Waals surface area (Å²) in [6.45, 7) is 2.14. The molecule has 7 heteroatoms. The van der Waals surface area contributed by atoms with Gasteiger partial charge in [-0.3, -0.25) is 0 Å². The highest BCUT2D eigenvalue weighted by Gasteiger charge is 2.37. The van der Waals surface area contributed by atoms with Crippen molar-refractivity contribution in [3.63, 3.8) is 0 Å². The highest BCUT2D eigenvalue weighted by atomic mass is 19.4. The average Bonchev–Trinajstić information content (AvgIpc) is 2.63. The summed E-state index contributed by atoms with van der Waals surface area (Å²) in [4.78, 5) is 9.03. The zero-order valence-corrected chi connectivity index (χ0v) is 15.3. The fourth-order valence-corrected chi connectivity index (χ4v) is 2.82. The first kappa shape index (κ1) is 20.0. The number of aryl methyl sites for hydroxylation is 1. The number of benzene rings is 1. The summed E-state index contributed by atoms with van der Waals surface area (Å²) in [7, 11) is 2.91. The molecule has 26 heavy (non-hydrogen) atoms. The van der Waals surface area contributed by atoms with E-state index in [2.05, 4.69) is 16.9 Å². The Labute approximate surface area is 152 Å². The second-order valence-corrected chi connectivity index (χ2v) is 6.09. The van der Waals surface area contributed by atoms with Gasteiger partial charge in [-0.25, -0.2) is 4.98 Å². The van der Waals surface area contributed by atoms with Crippen LogP contribution in [0.25, 0.3) is 0 Å². The Bertz CT molecular complexity index is 719. The van der Waals surface area contributed by atoms with E-state index >= 15 is 0 Å². The van der Waals surface area contributed by atoms with Gasteiger partial charge in [0, 0.05) is 18.9 Å². The molecule has 0 radical (unpaired) electrons. The van der Waals surface area contributed by atoms with Crippen LogP contribution in [0.3, 0.4) is 0 Å². The monoisotopic (exact) mass is 367 g/mol. The van der Waals surface area contributed by atoms with Crippen LogP contribution >= 0.6 is 0 Å². The van der Waals surface area contributed by atoms with Crippen molar-refractivity contribution in [2.75, 3.05) is 19.1 Å². The summed E-state index contributed by atoms with van der Waals surface area (Å²) in [6.07, 6.45) is 1.41. The number of ether oxygens (including phenoxy) is 1. The molecule has 1 heterocycles. The largest absolute Gasteiger partial charge is 0.467 e. The third-order valence-electron chi connectivity index (χ3n) is 4.20. The smallest absolute Gasteiger partial charge is 0.421 e. The molecule has 0 saturated carbocycles. The molecule has 0 saturated heterocycles. The Morgan fingerprint density at radius 2 is 1.85 bits per heavy atom. The molecular weight excluding hydrogens is 343 g/mol. The first-order valence-electron chi connectivity index (χ1n) is 8.68. The zero-order valence-electron chi connectivity index (χ0n) is 15.3. The fourth-order valence-electron chi connectivity index (χ4n) is 2.82. The molecule has 0 aliphatic carbocycles. The van der Waals surface area contributed by atoms with Gasteiger partial charge in [0.05, 0.1) is 7.11 Å². The minimum Gasteiger partial charge on any atom is -0.467 e. The van der Waals surface area contributed by atoms with Crippen molar-refractivity contribution >= 4 is 11.5 Å². The molecule has 0 fully saturated rings. The normalized spacial score (nSPS) is 11.5. The summed E-state index contributed by atoms with van der Waals surface area (Å²) >= 11 is 0. The maximum atomic E-state index is 13.4. The number of aromatic nitrogens is 2. The number of para-hydroxylation sites is 1. The van der Waals surface area contributed by atoms with E-state index in [1.54, 1.807) is 7.05 Å². The van der Waals surface area contributed by atoms with Crippen molar-refractivity contribution in [2.45, 2.75) is 45.2 Å². The molecule has 142 valence electrons. The van der Waals surface area contributed by atoms with Gasteiger partial charge in [-0.2, -0.15) is 18.2 Å². The van der Waals surface area contributed by atoms with Crippen LogP contribution in [0, 0.1) is 0 Å². The molecule has 4 nitrogen and oxygen atoms in total. The Morgan fingerprint density at radius 3 is 2.50 bits per heavy atom. The van der Waals surface area contributed by atoms with E-state index < -0.39 is 11.7 Å². The molecule has 0 amide bonds. The predicted molar refractivity (Wildman–Crippen MR) is 95.9 cm³/mol. The molecule has 1 aromatic carbocycles. The molecule has 0 atom stereocenters. The molecule has 2 aromatic rings. The van der Waals surface area contributed by atoms with Crippen molar-refractivity contribution in [3.05, 3.63) is 41.6 Å². The summed E-state index contributed by atoms with van der Waals surface area (Å²) in [5.41, 5.74) is 0.814. The number of anilines is 2. The van der Waals surface area contributed by atoms with Crippen molar-refractivity contribution < 1.29 is 17.9 Å². The Balaban J connectivity index is 2.38. The maximum absolute atomic E-state index is 13.4. The van der Waals surface area contributed by atoms with Gasteiger partial charge < -0.3 is 9.64 Å². The molecule has 0 spiro atoms. The van der Waals surface area contributed by atoms with Gasteiger partial charge in [-0.1, -0.05) is 44.4 Å². The van der Waals surface area contributed by atoms with Gasteiger partial charge >= 0.3 is 12.2 Å². The van der Waals surface area contributed by atoms with Gasteiger partial charge in [0.1, 0.15) is 5.56 Å². The number of hydrogen-bond acceptors (Lipinski definition) is 4. The molecule has 0 N–H and O–H groups in total. The van der Waals surface area contributed by atoms with Gasteiger partial charge in [-0.05, 0) is 24.5 Å². The molecule has 0 bridgehead atoms. The number of hydrogen-bond donors (Lipinski definition) is 0. The fraction of sp³-hybridized carbons (Fsp3) is 0.474. The second-order valence-electron chi connectivity index (χ2n) is 6.09. The molecule has 0 unspecified atom stereocenters. The lowest BCUT2D eigenvalue weighted by Crippen LogP contribution is -2.20. The number of alkyl halides is 3. The van der Waals surface area contributed by atoms with Crippen LogP contribution < -0.4 is 9.64 Å². The highest BCUT2D eigenvalue weighted by Crippen LogP contribution is 2.38. The number of rotatable bonds is 8. The molecule has 0 aliphatic heterocycles. The first-order chi connectivity index (χ1) is 12.4. The average molecular weight is 367 g/mol. The number of unbranched alkanes of at least 4 members (excludes halogenated alkanes) is 3. The van der Waals surface area contributed by atoms with Crippen LogP contribution in [0.15, 0.2) is 30.5 Å². The van der Waals surface area contributed by atoms with E-state index in [4.69, 9.17) is 4.74 Å². The third kappa shape index (κ3) is 4.86. The van der Waals surface area contributed by atoms with E-state index in [9.17, 15) is 13.2 Å². The topological polar surface area (TPSA) is 38.2 Å². The standard InChI is InChI=1S/C19H24F3N3O/c1-4-5-6-7-10-14-11-8-9-12-16(14)25(2)17-15(19(20,21)22)13-23-18(24-17)26-3/h8-9,11-13H,4-7,10H2,1-3H3. The van der Waals surface area contributed by atoms with E-state index in [0.29, 0.717) is 5.69 Å². The third-order valence-corrected chi connectivity index (χ3v) is 4.20. The van der Waals surface area contributed by atoms with Crippen LogP contribution in [-0.2, 0) is 12.6 Å². The maximum Gasteiger partial charge on any atom is 0.421 e. The van der Waals surface area contributed by atoms with Crippen LogP contribution in [0.4, 0.5) is 24.7 Å². The molecule has 0 aliphatic rings. The number of methoxy groups -OCH3 is 1. The second kappa shape index (κ2) is 8.87. The summed E-state index contributed by atoms with van der Waals surface area (Å²) in [5.74, 6) is -0.217. The predicted octanol–water partition coefficient (Wildman–Crippen LogP) is 5.39. The van der Waals surface area contributed by atoms with E-state index in [-0.39, 0.29) is 11.8 Å². The lowest BCUT2D eigenvalue weighted by Gasteiger charge is -2.24. The summed E-state index contributed by atoms with van der Waals surface area (Å²) < 4.78 is 45.1. The van der Waals surface area contributed by atoms with Crippen LogP contribution in [-0.4, -0.2) is 24.1 Å². The van der Waals surface area contributed by atoms with E-state index in [0.717, 1.165) is 43.9 Å². The van der Waals surface area contributed by atoms with Crippen molar-refractivity contribution in [1.29, 1.82) is 0 Å². The summed E-state index contributed by atoms with van der Waals surface area (Å²) in [6, 6.07) is 7.37. The van der Waals surface area contributed by atoms with E-state index in [1.807, 2.05) is 24.3 Å². The van der Waals surface area contributed by atoms with Crippen molar-refractivity contribution in [1.82, 2.24) is 9.97 Å². The quantitative estimate of drug-likeness (QED) is 0.586. The minimum absolute atomic E-state index is 0.0970. The summed E-state index contributed by atoms with van der Waals surface area (Å²) in [5, 5.41) is 0. The Hall–Kier alpha value is -2.31. The zero-order chi connectivity index (χ0) is 19.2. The SMILES string of the molecule is CCCCCCc1ccccc1N(C)c1nc(OC)ncc1C(F)(F)F. The lowest BCUT2D eigenvalue weighted by atomic mass is 10.0. The lowest BCUT2D eigenvalue weighted by molar-refractivity contribution is -0.137. The van der Waals surface area contributed by atoms with E-state index in [1.165, 1.54) is 12.0 Å². The number of halogens is 3. The Kier molecular flexibility index (Phi) is 6.83.